The van der Waals surface area contributed by atoms with Crippen molar-refractivity contribution in [1.29, 1.82) is 0 Å². The zero-order chi connectivity index (χ0) is 21.5. The second-order valence-corrected chi connectivity index (χ2v) is 9.03. The molecule has 0 aliphatic rings. The van der Waals surface area contributed by atoms with Crippen LogP contribution in [0.5, 0.6) is 5.75 Å². The summed E-state index contributed by atoms with van der Waals surface area (Å²) in [5, 5.41) is 0. The largest absolute Gasteiger partial charge is 0.432 e. The molecule has 0 fully saturated rings. The predicted octanol–water partition coefficient (Wildman–Crippen LogP) is 7.60. The van der Waals surface area contributed by atoms with E-state index in [4.69, 9.17) is 9.29 Å². The Balaban J connectivity index is 2.51. The Bertz CT molecular complexity index is 696. The van der Waals surface area contributed by atoms with E-state index in [-0.39, 0.29) is 10.6 Å². The third-order valence-corrected chi connectivity index (χ3v) is 5.89. The fourth-order valence-electron chi connectivity index (χ4n) is 3.22. The van der Waals surface area contributed by atoms with Crippen LogP contribution in [0.25, 0.3) is 0 Å². The lowest BCUT2D eigenvalue weighted by Gasteiger charge is -2.11. The van der Waals surface area contributed by atoms with Crippen LogP contribution in [-0.2, 0) is 10.1 Å². The summed E-state index contributed by atoms with van der Waals surface area (Å²) in [6, 6.07) is 4.50. The summed E-state index contributed by atoms with van der Waals surface area (Å²) in [4.78, 5) is -0.241. The second-order valence-electron chi connectivity index (χ2n) is 7.61. The first-order valence-corrected chi connectivity index (χ1v) is 12.5. The van der Waals surface area contributed by atoms with Gasteiger partial charge in [-0.1, -0.05) is 71.6 Å². The highest BCUT2D eigenvalue weighted by atomic mass is 32.2. The van der Waals surface area contributed by atoms with Gasteiger partial charge in [-0.3, -0.25) is 4.55 Å². The van der Waals surface area contributed by atoms with Gasteiger partial charge >= 0.3 is 0 Å². The van der Waals surface area contributed by atoms with Crippen molar-refractivity contribution in [3.63, 3.8) is 0 Å². The van der Waals surface area contributed by atoms with Crippen molar-refractivity contribution in [2.75, 3.05) is 0 Å². The molecule has 1 aromatic carbocycles. The first-order valence-electron chi connectivity index (χ1n) is 11.0. The van der Waals surface area contributed by atoms with Gasteiger partial charge < -0.3 is 4.74 Å². The lowest BCUT2D eigenvalue weighted by molar-refractivity contribution is 0.289. The maximum atomic E-state index is 14.6. The predicted molar refractivity (Wildman–Crippen MR) is 116 cm³/mol. The van der Waals surface area contributed by atoms with E-state index in [0.717, 1.165) is 25.7 Å². The van der Waals surface area contributed by atoms with E-state index in [1.807, 2.05) is 0 Å². The van der Waals surface area contributed by atoms with Crippen molar-refractivity contribution in [2.24, 2.45) is 0 Å². The van der Waals surface area contributed by atoms with Gasteiger partial charge in [0.05, 0.1) is 4.90 Å². The van der Waals surface area contributed by atoms with Gasteiger partial charge in [0.1, 0.15) is 5.75 Å². The zero-order valence-electron chi connectivity index (χ0n) is 18.0. The van der Waals surface area contributed by atoms with Gasteiger partial charge in [-0.05, 0) is 49.9 Å². The molecule has 6 heteroatoms. The third-order valence-electron chi connectivity index (χ3n) is 5.02. The van der Waals surface area contributed by atoms with Crippen LogP contribution in [0.2, 0.25) is 0 Å². The molecular weight excluding hydrogens is 391 g/mol. The van der Waals surface area contributed by atoms with Crippen LogP contribution in [0.3, 0.4) is 0 Å². The molecule has 0 radical (unpaired) electrons. The quantitative estimate of drug-likeness (QED) is 0.167. The van der Waals surface area contributed by atoms with Crippen LogP contribution >= 0.6 is 0 Å². The molecule has 1 N–H and O–H groups in total. The van der Waals surface area contributed by atoms with E-state index in [1.54, 1.807) is 0 Å². The minimum Gasteiger partial charge on any atom is -0.432 e. The SMILES string of the molecule is CCCCCCCCCCCC(CCCC)=C(F)Oc1ccc(S(=O)(=O)O)cc1. The Kier molecular flexibility index (Phi) is 12.9. The summed E-state index contributed by atoms with van der Waals surface area (Å²) in [5.74, 6) is 0.218. The highest BCUT2D eigenvalue weighted by Crippen LogP contribution is 2.25. The molecular formula is C23H37FO4S. The topological polar surface area (TPSA) is 63.6 Å². The minimum atomic E-state index is -4.26. The minimum absolute atomic E-state index is 0.218. The van der Waals surface area contributed by atoms with Crippen molar-refractivity contribution in [1.82, 2.24) is 0 Å². The van der Waals surface area contributed by atoms with E-state index >= 15 is 0 Å². The van der Waals surface area contributed by atoms with Crippen LogP contribution < -0.4 is 4.74 Å². The van der Waals surface area contributed by atoms with Crippen molar-refractivity contribution in [2.45, 2.75) is 102 Å². The molecule has 0 unspecified atom stereocenters. The lowest BCUT2D eigenvalue weighted by Crippen LogP contribution is -2.00. The van der Waals surface area contributed by atoms with E-state index in [2.05, 4.69) is 13.8 Å². The molecule has 4 nitrogen and oxygen atoms in total. The van der Waals surface area contributed by atoms with Crippen LogP contribution in [0.1, 0.15) is 97.3 Å². The highest BCUT2D eigenvalue weighted by Gasteiger charge is 2.12. The Morgan fingerprint density at radius 1 is 0.828 bits per heavy atom. The molecule has 1 rings (SSSR count). The van der Waals surface area contributed by atoms with E-state index in [1.165, 1.54) is 69.2 Å². The number of hydrogen-bond donors (Lipinski definition) is 1. The monoisotopic (exact) mass is 428 g/mol. The van der Waals surface area contributed by atoms with Crippen LogP contribution in [0, 0.1) is 0 Å². The molecule has 166 valence electrons. The fourth-order valence-corrected chi connectivity index (χ4v) is 3.70. The summed E-state index contributed by atoms with van der Waals surface area (Å²) in [7, 11) is -4.26. The molecule has 0 aliphatic heterocycles. The maximum Gasteiger partial charge on any atom is 0.294 e. The first kappa shape index (κ1) is 25.6. The lowest BCUT2D eigenvalue weighted by atomic mass is 10.0. The molecule has 0 aromatic heterocycles. The standard InChI is InChI=1S/C23H37FO4S/c1-3-5-7-8-9-10-11-12-13-15-20(14-6-4-2)23(24)28-21-16-18-22(19-17-21)29(25,26)27/h16-19H,3-15H2,1-2H3,(H,25,26,27). The van der Waals surface area contributed by atoms with Crippen molar-refractivity contribution < 1.29 is 22.1 Å². The number of unbranched alkanes of at least 4 members (excludes halogenated alkanes) is 9. The number of benzene rings is 1. The van der Waals surface area contributed by atoms with Gasteiger partial charge in [0.25, 0.3) is 16.1 Å². The number of halogens is 1. The molecule has 0 heterocycles. The van der Waals surface area contributed by atoms with Crippen molar-refractivity contribution >= 4 is 10.1 Å². The molecule has 0 spiro atoms. The van der Waals surface area contributed by atoms with Crippen molar-refractivity contribution in [3.05, 3.63) is 35.9 Å². The van der Waals surface area contributed by atoms with Gasteiger partial charge in [0.15, 0.2) is 0 Å². The number of rotatable bonds is 16. The summed E-state index contributed by atoms with van der Waals surface area (Å²) < 4.78 is 51.1. The molecule has 0 aliphatic carbocycles. The Labute approximate surface area is 176 Å². The van der Waals surface area contributed by atoms with Gasteiger partial charge in [0, 0.05) is 5.57 Å². The Morgan fingerprint density at radius 2 is 1.31 bits per heavy atom. The highest BCUT2D eigenvalue weighted by molar-refractivity contribution is 7.85. The molecule has 0 bridgehead atoms. The van der Waals surface area contributed by atoms with Gasteiger partial charge in [-0.15, -0.1) is 0 Å². The summed E-state index contributed by atoms with van der Waals surface area (Å²) in [5.41, 5.74) is 0.689. The van der Waals surface area contributed by atoms with E-state index in [0.29, 0.717) is 18.4 Å². The Hall–Kier alpha value is -1.40. The van der Waals surface area contributed by atoms with E-state index in [9.17, 15) is 12.8 Å². The van der Waals surface area contributed by atoms with E-state index < -0.39 is 16.1 Å². The fraction of sp³-hybridized carbons (Fsp3) is 0.652. The van der Waals surface area contributed by atoms with Gasteiger partial charge in [-0.2, -0.15) is 12.8 Å². The van der Waals surface area contributed by atoms with Crippen LogP contribution in [0.4, 0.5) is 4.39 Å². The molecule has 0 amide bonds. The normalized spacial score (nSPS) is 12.7. The van der Waals surface area contributed by atoms with Crippen LogP contribution in [-0.4, -0.2) is 13.0 Å². The third kappa shape index (κ3) is 11.4. The Morgan fingerprint density at radius 3 is 1.83 bits per heavy atom. The first-order chi connectivity index (χ1) is 13.9. The summed E-state index contributed by atoms with van der Waals surface area (Å²) in [6.07, 6.45) is 14.2. The molecule has 0 saturated heterocycles. The zero-order valence-corrected chi connectivity index (χ0v) is 18.8. The summed E-state index contributed by atoms with van der Waals surface area (Å²) >= 11 is 0. The van der Waals surface area contributed by atoms with Crippen LogP contribution in [0.15, 0.2) is 40.7 Å². The molecule has 1 aromatic rings. The molecule has 29 heavy (non-hydrogen) atoms. The average molecular weight is 429 g/mol. The van der Waals surface area contributed by atoms with Gasteiger partial charge in [-0.25, -0.2) is 0 Å². The number of hydrogen-bond acceptors (Lipinski definition) is 3. The smallest absolute Gasteiger partial charge is 0.294 e. The van der Waals surface area contributed by atoms with Crippen molar-refractivity contribution in [3.8, 4) is 5.75 Å². The number of allylic oxidation sites excluding steroid dienone is 1. The summed E-state index contributed by atoms with van der Waals surface area (Å²) in [6.45, 7) is 4.30. The number of ether oxygens (including phenoxy) is 1. The van der Waals surface area contributed by atoms with Gasteiger partial charge in [0.2, 0.25) is 0 Å². The maximum absolute atomic E-state index is 14.6. The second kappa shape index (κ2) is 14.6. The molecule has 0 saturated carbocycles. The molecule has 0 atom stereocenters. The average Bonchev–Trinajstić information content (AvgIpc) is 2.68.